The number of benzene rings is 1. The van der Waals surface area contributed by atoms with Gasteiger partial charge in [0.15, 0.2) is 0 Å². The van der Waals surface area contributed by atoms with Gasteiger partial charge >= 0.3 is 0 Å². The molecule has 6 nitrogen and oxygen atoms in total. The number of hydrogen-bond donors (Lipinski definition) is 0. The van der Waals surface area contributed by atoms with Gasteiger partial charge in [-0.15, -0.1) is 11.3 Å². The number of para-hydroxylation sites is 1. The molecule has 3 aromatic rings. The fourth-order valence-corrected chi connectivity index (χ4v) is 3.80. The van der Waals surface area contributed by atoms with Crippen LogP contribution in [-0.2, 0) is 4.74 Å². The van der Waals surface area contributed by atoms with Crippen LogP contribution in [0.5, 0.6) is 0 Å². The van der Waals surface area contributed by atoms with Gasteiger partial charge in [-0.3, -0.25) is 4.79 Å². The number of aromatic nitrogens is 3. The average Bonchev–Trinajstić information content (AvgIpc) is 3.42. The molecule has 0 bridgehead atoms. The molecule has 0 N–H and O–H groups in total. The van der Waals surface area contributed by atoms with Gasteiger partial charge in [0.25, 0.3) is 5.91 Å². The number of carbonyl (C=O) groups excluding carboxylic acids is 1. The van der Waals surface area contributed by atoms with Crippen molar-refractivity contribution in [3.63, 3.8) is 0 Å². The fourth-order valence-electron chi connectivity index (χ4n) is 3.03. The molecular formula is C19H20N4O2S. The van der Waals surface area contributed by atoms with Gasteiger partial charge in [0.1, 0.15) is 10.7 Å². The van der Waals surface area contributed by atoms with Crippen LogP contribution in [0, 0.1) is 0 Å². The Balaban J connectivity index is 1.47. The van der Waals surface area contributed by atoms with Crippen LogP contribution in [0.4, 0.5) is 0 Å². The van der Waals surface area contributed by atoms with Crippen molar-refractivity contribution in [2.45, 2.75) is 18.9 Å². The van der Waals surface area contributed by atoms with E-state index in [1.807, 2.05) is 46.6 Å². The highest BCUT2D eigenvalue weighted by atomic mass is 32.1. The van der Waals surface area contributed by atoms with Gasteiger partial charge in [0.2, 0.25) is 0 Å². The summed E-state index contributed by atoms with van der Waals surface area (Å²) >= 11 is 1.46. The van der Waals surface area contributed by atoms with Crippen molar-refractivity contribution in [1.29, 1.82) is 0 Å². The molecule has 1 aromatic carbocycles. The van der Waals surface area contributed by atoms with Crippen LogP contribution in [0.2, 0.25) is 0 Å². The lowest BCUT2D eigenvalue weighted by Crippen LogP contribution is -2.34. The second-order valence-corrected chi connectivity index (χ2v) is 7.23. The molecule has 1 saturated heterocycles. The van der Waals surface area contributed by atoms with Crippen molar-refractivity contribution >= 4 is 17.2 Å². The summed E-state index contributed by atoms with van der Waals surface area (Å²) in [7, 11) is 1.80. The zero-order valence-electron chi connectivity index (χ0n) is 14.5. The minimum atomic E-state index is -0.0709. The molecule has 0 radical (unpaired) electrons. The summed E-state index contributed by atoms with van der Waals surface area (Å²) in [5.41, 5.74) is 2.36. The molecule has 0 spiro atoms. The number of nitrogens with zero attached hydrogens (tertiary/aromatic N) is 4. The lowest BCUT2D eigenvalue weighted by atomic mass is 10.2. The SMILES string of the molecule is CN(CC1CCCO1)C(=O)c1csc(-c2cnn(-c3ccccc3)c2)n1. The first-order valence-corrected chi connectivity index (χ1v) is 9.52. The van der Waals surface area contributed by atoms with Crippen molar-refractivity contribution in [3.8, 4) is 16.3 Å². The molecule has 1 atom stereocenters. The van der Waals surface area contributed by atoms with E-state index < -0.39 is 0 Å². The van der Waals surface area contributed by atoms with Crippen molar-refractivity contribution in [1.82, 2.24) is 19.7 Å². The van der Waals surface area contributed by atoms with Gasteiger partial charge in [-0.1, -0.05) is 18.2 Å². The molecule has 1 amide bonds. The first-order valence-electron chi connectivity index (χ1n) is 8.64. The van der Waals surface area contributed by atoms with E-state index in [0.717, 1.165) is 35.7 Å². The Bertz CT molecular complexity index is 884. The molecule has 134 valence electrons. The summed E-state index contributed by atoms with van der Waals surface area (Å²) in [6.07, 6.45) is 5.93. The van der Waals surface area contributed by atoms with Crippen LogP contribution in [0.25, 0.3) is 16.3 Å². The summed E-state index contributed by atoms with van der Waals surface area (Å²) in [5.74, 6) is -0.0709. The number of likely N-dealkylation sites (N-methyl/N-ethyl adjacent to an activating group) is 1. The normalized spacial score (nSPS) is 16.7. The maximum atomic E-state index is 12.6. The second-order valence-electron chi connectivity index (χ2n) is 6.37. The van der Waals surface area contributed by atoms with E-state index in [1.165, 1.54) is 11.3 Å². The fraction of sp³-hybridized carbons (Fsp3) is 0.316. The van der Waals surface area contributed by atoms with Crippen LogP contribution in [0.15, 0.2) is 48.1 Å². The van der Waals surface area contributed by atoms with E-state index in [0.29, 0.717) is 12.2 Å². The van der Waals surface area contributed by atoms with Crippen molar-refractivity contribution in [2.24, 2.45) is 0 Å². The highest BCUT2D eigenvalue weighted by molar-refractivity contribution is 7.13. The molecule has 0 aliphatic carbocycles. The summed E-state index contributed by atoms with van der Waals surface area (Å²) < 4.78 is 7.41. The molecule has 3 heterocycles. The van der Waals surface area contributed by atoms with Gasteiger partial charge in [0.05, 0.1) is 18.0 Å². The minimum absolute atomic E-state index is 0.0709. The molecule has 4 rings (SSSR count). The standard InChI is InChI=1S/C19H20N4O2S/c1-22(12-16-8-5-9-25-16)19(24)17-13-26-18(21-17)14-10-20-23(11-14)15-6-3-2-4-7-15/h2-4,6-7,10-11,13,16H,5,8-9,12H2,1H3. The first-order chi connectivity index (χ1) is 12.7. The van der Waals surface area contributed by atoms with Gasteiger partial charge in [0, 0.05) is 37.3 Å². The third kappa shape index (κ3) is 3.54. The van der Waals surface area contributed by atoms with E-state index in [4.69, 9.17) is 4.74 Å². The number of amides is 1. The first kappa shape index (κ1) is 16.9. The van der Waals surface area contributed by atoms with Crippen LogP contribution in [0.1, 0.15) is 23.3 Å². The predicted octanol–water partition coefficient (Wildman–Crippen LogP) is 3.25. The van der Waals surface area contributed by atoms with Crippen molar-refractivity contribution < 1.29 is 9.53 Å². The van der Waals surface area contributed by atoms with Crippen LogP contribution < -0.4 is 0 Å². The Hall–Kier alpha value is -2.51. The van der Waals surface area contributed by atoms with E-state index >= 15 is 0 Å². The Morgan fingerprint density at radius 3 is 3.00 bits per heavy atom. The molecule has 7 heteroatoms. The van der Waals surface area contributed by atoms with E-state index in [-0.39, 0.29) is 12.0 Å². The number of hydrogen-bond acceptors (Lipinski definition) is 5. The van der Waals surface area contributed by atoms with Gasteiger partial charge in [-0.25, -0.2) is 9.67 Å². The van der Waals surface area contributed by atoms with Crippen molar-refractivity contribution in [2.75, 3.05) is 20.2 Å². The van der Waals surface area contributed by atoms with Crippen LogP contribution in [-0.4, -0.2) is 51.9 Å². The number of carbonyl (C=O) groups is 1. The number of rotatable bonds is 5. The average molecular weight is 368 g/mol. The van der Waals surface area contributed by atoms with E-state index in [2.05, 4.69) is 10.1 Å². The van der Waals surface area contributed by atoms with Gasteiger partial charge in [-0.05, 0) is 25.0 Å². The Labute approximate surface area is 156 Å². The molecule has 0 saturated carbocycles. The largest absolute Gasteiger partial charge is 0.376 e. The molecule has 1 aliphatic heterocycles. The molecule has 26 heavy (non-hydrogen) atoms. The molecule has 1 unspecified atom stereocenters. The smallest absolute Gasteiger partial charge is 0.273 e. The minimum Gasteiger partial charge on any atom is -0.376 e. The van der Waals surface area contributed by atoms with Crippen LogP contribution >= 0.6 is 11.3 Å². The van der Waals surface area contributed by atoms with Crippen LogP contribution in [0.3, 0.4) is 0 Å². The Morgan fingerprint density at radius 2 is 2.23 bits per heavy atom. The number of ether oxygens (including phenoxy) is 1. The summed E-state index contributed by atoms with van der Waals surface area (Å²) in [6, 6.07) is 9.91. The quantitative estimate of drug-likeness (QED) is 0.694. The molecular weight excluding hydrogens is 348 g/mol. The maximum Gasteiger partial charge on any atom is 0.273 e. The molecule has 1 aliphatic rings. The highest BCUT2D eigenvalue weighted by Gasteiger charge is 2.22. The molecule has 2 aromatic heterocycles. The lowest BCUT2D eigenvalue weighted by molar-refractivity contribution is 0.0583. The number of thiazole rings is 1. The van der Waals surface area contributed by atoms with Crippen molar-refractivity contribution in [3.05, 3.63) is 53.8 Å². The Kier molecular flexibility index (Phi) is 4.81. The molecule has 1 fully saturated rings. The Morgan fingerprint density at radius 1 is 1.38 bits per heavy atom. The van der Waals surface area contributed by atoms with E-state index in [9.17, 15) is 4.79 Å². The maximum absolute atomic E-state index is 12.6. The monoisotopic (exact) mass is 368 g/mol. The summed E-state index contributed by atoms with van der Waals surface area (Å²) in [5, 5.41) is 6.99. The zero-order valence-corrected chi connectivity index (χ0v) is 15.4. The van der Waals surface area contributed by atoms with Gasteiger partial charge in [-0.2, -0.15) is 5.10 Å². The third-order valence-corrected chi connectivity index (χ3v) is 5.31. The lowest BCUT2D eigenvalue weighted by Gasteiger charge is -2.19. The van der Waals surface area contributed by atoms with E-state index in [1.54, 1.807) is 18.1 Å². The topological polar surface area (TPSA) is 60.2 Å². The predicted molar refractivity (Wildman–Crippen MR) is 101 cm³/mol. The third-order valence-electron chi connectivity index (χ3n) is 4.42. The zero-order chi connectivity index (χ0) is 17.9. The van der Waals surface area contributed by atoms with Gasteiger partial charge < -0.3 is 9.64 Å². The summed E-state index contributed by atoms with van der Waals surface area (Å²) in [4.78, 5) is 18.8. The summed E-state index contributed by atoms with van der Waals surface area (Å²) in [6.45, 7) is 1.40. The second kappa shape index (κ2) is 7.39. The highest BCUT2D eigenvalue weighted by Crippen LogP contribution is 2.25.